The quantitative estimate of drug-likeness (QED) is 0.911. The fraction of sp³-hybridized carbons (Fsp3) is 0.143. The van der Waals surface area contributed by atoms with E-state index in [2.05, 4.69) is 5.32 Å². The van der Waals surface area contributed by atoms with E-state index in [0.29, 0.717) is 5.56 Å². The molecule has 0 fully saturated rings. The number of hydrogen-bond donors (Lipinski definition) is 1. The predicted molar refractivity (Wildman–Crippen MR) is 66.6 cm³/mol. The number of rotatable bonds is 4. The van der Waals surface area contributed by atoms with Gasteiger partial charge < -0.3 is 10.1 Å². The molecule has 0 aliphatic rings. The summed E-state index contributed by atoms with van der Waals surface area (Å²) in [5.74, 6) is -1.75. The monoisotopic (exact) mass is 267 g/mol. The molecule has 19 heavy (non-hydrogen) atoms. The molecule has 0 spiro atoms. The Labute approximate surface area is 108 Å². The average Bonchev–Trinajstić information content (AvgIpc) is 2.39. The number of hydrogen-bond acceptors (Lipinski definition) is 2. The van der Waals surface area contributed by atoms with Crippen molar-refractivity contribution < 1.29 is 17.9 Å². The van der Waals surface area contributed by atoms with Crippen LogP contribution in [-0.2, 0) is 6.54 Å². The van der Waals surface area contributed by atoms with Crippen molar-refractivity contribution in [2.24, 2.45) is 0 Å². The number of anilines is 1. The molecule has 0 unspecified atom stereocenters. The summed E-state index contributed by atoms with van der Waals surface area (Å²) < 4.78 is 44.8. The Morgan fingerprint density at radius 2 is 1.89 bits per heavy atom. The van der Waals surface area contributed by atoms with Gasteiger partial charge in [-0.05, 0) is 18.2 Å². The first-order chi connectivity index (χ1) is 9.11. The van der Waals surface area contributed by atoms with E-state index in [1.165, 1.54) is 19.2 Å². The molecule has 5 heteroatoms. The summed E-state index contributed by atoms with van der Waals surface area (Å²) in [5, 5.41) is 2.71. The van der Waals surface area contributed by atoms with Gasteiger partial charge in [0.25, 0.3) is 0 Å². The lowest BCUT2D eigenvalue weighted by Crippen LogP contribution is -2.04. The van der Waals surface area contributed by atoms with Crippen molar-refractivity contribution in [3.8, 4) is 5.75 Å². The molecule has 0 saturated carbocycles. The van der Waals surface area contributed by atoms with E-state index in [1.54, 1.807) is 12.1 Å². The average molecular weight is 267 g/mol. The van der Waals surface area contributed by atoms with E-state index in [9.17, 15) is 13.2 Å². The second kappa shape index (κ2) is 5.65. The second-order valence-corrected chi connectivity index (χ2v) is 3.91. The highest BCUT2D eigenvalue weighted by Gasteiger charge is 2.09. The summed E-state index contributed by atoms with van der Waals surface area (Å²) in [6.45, 7) is 0.0750. The first kappa shape index (κ1) is 13.3. The summed E-state index contributed by atoms with van der Waals surface area (Å²) in [4.78, 5) is 0. The molecule has 0 saturated heterocycles. The lowest BCUT2D eigenvalue weighted by Gasteiger charge is -2.10. The summed E-state index contributed by atoms with van der Waals surface area (Å²) in [6.07, 6.45) is 0. The standard InChI is InChI=1S/C14H12F3NO/c1-19-13-4-2-3-9(14(13)17)8-18-12-6-5-10(15)7-11(12)16/h2-7,18H,8H2,1H3. The number of halogens is 3. The van der Waals surface area contributed by atoms with Gasteiger partial charge in [-0.1, -0.05) is 12.1 Å². The molecular weight excluding hydrogens is 255 g/mol. The van der Waals surface area contributed by atoms with Gasteiger partial charge >= 0.3 is 0 Å². The molecule has 0 aliphatic carbocycles. The fourth-order valence-corrected chi connectivity index (χ4v) is 1.67. The molecule has 0 radical (unpaired) electrons. The van der Waals surface area contributed by atoms with Crippen LogP contribution in [0.25, 0.3) is 0 Å². The minimum absolute atomic E-state index is 0.0750. The van der Waals surface area contributed by atoms with Crippen molar-refractivity contribution in [1.82, 2.24) is 0 Å². The van der Waals surface area contributed by atoms with Gasteiger partial charge in [0.2, 0.25) is 0 Å². The van der Waals surface area contributed by atoms with Gasteiger partial charge in [-0.25, -0.2) is 13.2 Å². The van der Waals surface area contributed by atoms with Crippen molar-refractivity contribution in [2.45, 2.75) is 6.54 Å². The number of benzene rings is 2. The van der Waals surface area contributed by atoms with Crippen LogP contribution in [0.1, 0.15) is 5.56 Å². The third kappa shape index (κ3) is 2.99. The molecule has 2 rings (SSSR count). The molecule has 0 amide bonds. The number of ether oxygens (including phenoxy) is 1. The zero-order valence-electron chi connectivity index (χ0n) is 10.2. The van der Waals surface area contributed by atoms with Crippen LogP contribution in [0.2, 0.25) is 0 Å². The number of nitrogens with one attached hydrogen (secondary N) is 1. The van der Waals surface area contributed by atoms with E-state index in [-0.39, 0.29) is 18.0 Å². The molecule has 0 atom stereocenters. The Balaban J connectivity index is 2.14. The van der Waals surface area contributed by atoms with Gasteiger partial charge in [0.05, 0.1) is 12.8 Å². The van der Waals surface area contributed by atoms with Gasteiger partial charge in [-0.2, -0.15) is 0 Å². The Kier molecular flexibility index (Phi) is 3.94. The Morgan fingerprint density at radius 3 is 2.58 bits per heavy atom. The minimum Gasteiger partial charge on any atom is -0.494 e. The van der Waals surface area contributed by atoms with Crippen molar-refractivity contribution in [3.05, 3.63) is 59.4 Å². The number of methoxy groups -OCH3 is 1. The molecule has 0 aliphatic heterocycles. The maximum atomic E-state index is 13.8. The molecule has 2 aromatic carbocycles. The van der Waals surface area contributed by atoms with Gasteiger partial charge in [0.15, 0.2) is 11.6 Å². The molecule has 2 aromatic rings. The third-order valence-corrected chi connectivity index (χ3v) is 2.66. The van der Waals surface area contributed by atoms with Crippen molar-refractivity contribution in [2.75, 3.05) is 12.4 Å². The molecular formula is C14H12F3NO. The van der Waals surface area contributed by atoms with E-state index < -0.39 is 17.5 Å². The summed E-state index contributed by atoms with van der Waals surface area (Å²) in [7, 11) is 1.37. The normalized spacial score (nSPS) is 10.3. The van der Waals surface area contributed by atoms with Crippen molar-refractivity contribution in [3.63, 3.8) is 0 Å². The molecule has 2 nitrogen and oxygen atoms in total. The lowest BCUT2D eigenvalue weighted by molar-refractivity contribution is 0.384. The molecule has 0 bridgehead atoms. The van der Waals surface area contributed by atoms with Crippen LogP contribution in [0, 0.1) is 17.5 Å². The van der Waals surface area contributed by atoms with Crippen molar-refractivity contribution in [1.29, 1.82) is 0 Å². The van der Waals surface area contributed by atoms with Gasteiger partial charge in [0.1, 0.15) is 11.6 Å². The molecule has 1 N–H and O–H groups in total. The van der Waals surface area contributed by atoms with Gasteiger partial charge in [0, 0.05) is 18.2 Å². The highest BCUT2D eigenvalue weighted by molar-refractivity contribution is 5.45. The zero-order chi connectivity index (χ0) is 13.8. The van der Waals surface area contributed by atoms with Crippen LogP contribution in [0.15, 0.2) is 36.4 Å². The predicted octanol–water partition coefficient (Wildman–Crippen LogP) is 3.72. The fourth-order valence-electron chi connectivity index (χ4n) is 1.67. The van der Waals surface area contributed by atoms with Crippen LogP contribution in [0.4, 0.5) is 18.9 Å². The summed E-state index contributed by atoms with van der Waals surface area (Å²) >= 11 is 0. The first-order valence-electron chi connectivity index (χ1n) is 5.62. The van der Waals surface area contributed by atoms with Crippen LogP contribution >= 0.6 is 0 Å². The molecule has 0 aromatic heterocycles. The lowest BCUT2D eigenvalue weighted by atomic mass is 10.2. The highest BCUT2D eigenvalue weighted by atomic mass is 19.1. The van der Waals surface area contributed by atoms with Gasteiger partial charge in [-0.3, -0.25) is 0 Å². The topological polar surface area (TPSA) is 21.3 Å². The maximum Gasteiger partial charge on any atom is 0.170 e. The van der Waals surface area contributed by atoms with E-state index >= 15 is 0 Å². The largest absolute Gasteiger partial charge is 0.494 e. The van der Waals surface area contributed by atoms with Crippen molar-refractivity contribution >= 4 is 5.69 Å². The molecule has 0 heterocycles. The third-order valence-electron chi connectivity index (χ3n) is 2.66. The van der Waals surface area contributed by atoms with Crippen LogP contribution < -0.4 is 10.1 Å². The maximum absolute atomic E-state index is 13.8. The smallest absolute Gasteiger partial charge is 0.170 e. The van der Waals surface area contributed by atoms with Gasteiger partial charge in [-0.15, -0.1) is 0 Å². The SMILES string of the molecule is COc1cccc(CNc2ccc(F)cc2F)c1F. The Bertz CT molecular complexity index is 587. The first-order valence-corrected chi connectivity index (χ1v) is 5.62. The summed E-state index contributed by atoms with van der Waals surface area (Å²) in [5.41, 5.74) is 0.451. The van der Waals surface area contributed by atoms with E-state index in [0.717, 1.165) is 12.1 Å². The van der Waals surface area contributed by atoms with E-state index in [4.69, 9.17) is 4.74 Å². The Morgan fingerprint density at radius 1 is 1.11 bits per heavy atom. The Hall–Kier alpha value is -2.17. The van der Waals surface area contributed by atoms with E-state index in [1.807, 2.05) is 0 Å². The minimum atomic E-state index is -0.719. The van der Waals surface area contributed by atoms with Crippen LogP contribution in [-0.4, -0.2) is 7.11 Å². The van der Waals surface area contributed by atoms with Crippen LogP contribution in [0.5, 0.6) is 5.75 Å². The van der Waals surface area contributed by atoms with Crippen LogP contribution in [0.3, 0.4) is 0 Å². The second-order valence-electron chi connectivity index (χ2n) is 3.91. The molecule has 100 valence electrons. The zero-order valence-corrected chi connectivity index (χ0v) is 10.2. The summed E-state index contributed by atoms with van der Waals surface area (Å²) in [6, 6.07) is 7.86. The highest BCUT2D eigenvalue weighted by Crippen LogP contribution is 2.22.